The zero-order chi connectivity index (χ0) is 20.4. The van der Waals surface area contributed by atoms with Crippen LogP contribution >= 0.6 is 0 Å². The van der Waals surface area contributed by atoms with Gasteiger partial charge in [-0.3, -0.25) is 4.79 Å². The Morgan fingerprint density at radius 1 is 1.00 bits per heavy atom. The Labute approximate surface area is 159 Å². The molecule has 1 atom stereocenters. The lowest BCUT2D eigenvalue weighted by atomic mass is 9.99. The topological polar surface area (TPSA) is 80.8 Å². The normalized spacial score (nSPS) is 12.7. The summed E-state index contributed by atoms with van der Waals surface area (Å²) in [6.07, 6.45) is -0.955. The van der Waals surface area contributed by atoms with Crippen molar-refractivity contribution in [3.05, 3.63) is 64.7 Å². The Morgan fingerprint density at radius 3 is 2.15 bits per heavy atom. The third kappa shape index (κ3) is 4.61. The van der Waals surface area contributed by atoms with Gasteiger partial charge in [0.15, 0.2) is 6.10 Å². The SMILES string of the molecule is Cc1ccc(C)c(C(=O)[C@@H](C)OC(=O)c2ccc(S(=O)(=O)N(C)C)cc2)c1. The largest absolute Gasteiger partial charge is 0.451 e. The number of Topliss-reactive ketones (excluding diaryl/α,β-unsaturated/α-hetero) is 1. The summed E-state index contributed by atoms with van der Waals surface area (Å²) in [5.41, 5.74) is 2.45. The van der Waals surface area contributed by atoms with Gasteiger partial charge in [0.1, 0.15) is 0 Å². The molecule has 0 aliphatic rings. The molecule has 7 heteroatoms. The van der Waals surface area contributed by atoms with E-state index >= 15 is 0 Å². The zero-order valence-electron chi connectivity index (χ0n) is 16.0. The molecular weight excluding hydrogens is 366 g/mol. The minimum absolute atomic E-state index is 0.0727. The maximum absolute atomic E-state index is 12.6. The lowest BCUT2D eigenvalue weighted by Crippen LogP contribution is -2.25. The zero-order valence-corrected chi connectivity index (χ0v) is 16.8. The van der Waals surface area contributed by atoms with E-state index in [1.54, 1.807) is 6.07 Å². The molecule has 2 aromatic rings. The molecule has 0 unspecified atom stereocenters. The molecule has 27 heavy (non-hydrogen) atoms. The molecule has 2 aromatic carbocycles. The van der Waals surface area contributed by atoms with Crippen molar-refractivity contribution < 1.29 is 22.7 Å². The quantitative estimate of drug-likeness (QED) is 0.560. The third-order valence-corrected chi connectivity index (χ3v) is 6.01. The molecule has 0 saturated heterocycles. The van der Waals surface area contributed by atoms with Crippen molar-refractivity contribution in [3.8, 4) is 0 Å². The summed E-state index contributed by atoms with van der Waals surface area (Å²) in [6.45, 7) is 5.23. The number of sulfonamides is 1. The highest BCUT2D eigenvalue weighted by Crippen LogP contribution is 2.17. The average molecular weight is 389 g/mol. The highest BCUT2D eigenvalue weighted by molar-refractivity contribution is 7.89. The van der Waals surface area contributed by atoms with Crippen LogP contribution in [0.25, 0.3) is 0 Å². The molecule has 0 radical (unpaired) electrons. The molecule has 0 N–H and O–H groups in total. The molecule has 0 spiro atoms. The molecule has 0 fully saturated rings. The second kappa shape index (κ2) is 8.02. The highest BCUT2D eigenvalue weighted by atomic mass is 32.2. The minimum atomic E-state index is -3.57. The predicted molar refractivity (Wildman–Crippen MR) is 102 cm³/mol. The molecule has 0 amide bonds. The van der Waals surface area contributed by atoms with E-state index in [1.807, 2.05) is 26.0 Å². The summed E-state index contributed by atoms with van der Waals surface area (Å²) in [6, 6.07) is 10.9. The van der Waals surface area contributed by atoms with Gasteiger partial charge in [-0.1, -0.05) is 17.7 Å². The van der Waals surface area contributed by atoms with Crippen molar-refractivity contribution >= 4 is 21.8 Å². The maximum atomic E-state index is 12.6. The van der Waals surface area contributed by atoms with Crippen LogP contribution < -0.4 is 0 Å². The minimum Gasteiger partial charge on any atom is -0.451 e. The fourth-order valence-corrected chi connectivity index (χ4v) is 3.38. The predicted octanol–water partition coefficient (Wildman–Crippen LogP) is 2.98. The van der Waals surface area contributed by atoms with Crippen LogP contribution in [-0.2, 0) is 14.8 Å². The number of hydrogen-bond acceptors (Lipinski definition) is 5. The van der Waals surface area contributed by atoms with Crippen LogP contribution in [0.1, 0.15) is 38.8 Å². The number of ketones is 1. The summed E-state index contributed by atoms with van der Waals surface area (Å²) in [5.74, 6) is -0.966. The van der Waals surface area contributed by atoms with E-state index in [0.29, 0.717) is 5.56 Å². The number of hydrogen-bond donors (Lipinski definition) is 0. The van der Waals surface area contributed by atoms with Gasteiger partial charge in [0.2, 0.25) is 15.8 Å². The van der Waals surface area contributed by atoms with E-state index in [2.05, 4.69) is 0 Å². The van der Waals surface area contributed by atoms with Gasteiger partial charge in [-0.25, -0.2) is 17.5 Å². The molecule has 0 aliphatic carbocycles. The maximum Gasteiger partial charge on any atom is 0.338 e. The van der Waals surface area contributed by atoms with Crippen molar-refractivity contribution in [2.24, 2.45) is 0 Å². The fourth-order valence-electron chi connectivity index (χ4n) is 2.48. The van der Waals surface area contributed by atoms with Gasteiger partial charge in [0.05, 0.1) is 10.5 Å². The monoisotopic (exact) mass is 389 g/mol. The highest BCUT2D eigenvalue weighted by Gasteiger charge is 2.23. The van der Waals surface area contributed by atoms with Gasteiger partial charge in [0, 0.05) is 19.7 Å². The number of ether oxygens (including phenoxy) is 1. The first-order valence-corrected chi connectivity index (χ1v) is 9.83. The van der Waals surface area contributed by atoms with Crippen molar-refractivity contribution in [1.29, 1.82) is 0 Å². The van der Waals surface area contributed by atoms with E-state index in [4.69, 9.17) is 4.74 Å². The van der Waals surface area contributed by atoms with E-state index in [-0.39, 0.29) is 16.2 Å². The molecule has 0 saturated carbocycles. The standard InChI is InChI=1S/C20H23NO5S/c1-13-6-7-14(2)18(12-13)19(22)15(3)26-20(23)16-8-10-17(11-9-16)27(24,25)21(4)5/h6-12,15H,1-5H3/t15-/m1/s1. The van der Waals surface area contributed by atoms with Crippen LogP contribution in [0.4, 0.5) is 0 Å². The third-order valence-electron chi connectivity index (χ3n) is 4.18. The van der Waals surface area contributed by atoms with Crippen LogP contribution in [0.5, 0.6) is 0 Å². The number of nitrogens with zero attached hydrogens (tertiary/aromatic N) is 1. The van der Waals surface area contributed by atoms with Crippen LogP contribution in [-0.4, -0.2) is 44.7 Å². The number of esters is 1. The first kappa shape index (κ1) is 20.8. The van der Waals surface area contributed by atoms with Crippen molar-refractivity contribution in [3.63, 3.8) is 0 Å². The lowest BCUT2D eigenvalue weighted by Gasteiger charge is -2.15. The van der Waals surface area contributed by atoms with E-state index in [9.17, 15) is 18.0 Å². The Hall–Kier alpha value is -2.51. The van der Waals surface area contributed by atoms with E-state index < -0.39 is 22.1 Å². The Balaban J connectivity index is 2.15. The van der Waals surface area contributed by atoms with Crippen LogP contribution in [0, 0.1) is 13.8 Å². The first-order chi connectivity index (χ1) is 12.5. The molecular formula is C20H23NO5S. The van der Waals surface area contributed by atoms with Crippen molar-refractivity contribution in [2.45, 2.75) is 31.8 Å². The lowest BCUT2D eigenvalue weighted by molar-refractivity contribution is 0.0318. The second-order valence-electron chi connectivity index (χ2n) is 6.54. The smallest absolute Gasteiger partial charge is 0.338 e. The molecule has 0 heterocycles. The summed E-state index contributed by atoms with van der Waals surface area (Å²) >= 11 is 0. The second-order valence-corrected chi connectivity index (χ2v) is 8.69. The number of carbonyl (C=O) groups is 2. The number of carbonyl (C=O) groups excluding carboxylic acids is 2. The van der Waals surface area contributed by atoms with Crippen LogP contribution in [0.2, 0.25) is 0 Å². The molecule has 144 valence electrons. The number of aryl methyl sites for hydroxylation is 2. The van der Waals surface area contributed by atoms with Gasteiger partial charge in [-0.05, 0) is 56.7 Å². The van der Waals surface area contributed by atoms with E-state index in [1.165, 1.54) is 45.3 Å². The van der Waals surface area contributed by atoms with Gasteiger partial charge >= 0.3 is 5.97 Å². The Kier molecular flexibility index (Phi) is 6.18. The summed E-state index contributed by atoms with van der Waals surface area (Å²) in [4.78, 5) is 25.0. The Bertz CT molecular complexity index is 962. The average Bonchev–Trinajstić information content (AvgIpc) is 2.62. The molecule has 2 rings (SSSR count). The first-order valence-electron chi connectivity index (χ1n) is 8.39. The fraction of sp³-hybridized carbons (Fsp3) is 0.300. The molecule has 0 bridgehead atoms. The summed E-state index contributed by atoms with van der Waals surface area (Å²) in [5, 5.41) is 0. The molecule has 0 aromatic heterocycles. The Morgan fingerprint density at radius 2 is 1.59 bits per heavy atom. The van der Waals surface area contributed by atoms with Gasteiger partial charge < -0.3 is 4.74 Å². The van der Waals surface area contributed by atoms with Crippen LogP contribution in [0.15, 0.2) is 47.4 Å². The summed E-state index contributed by atoms with van der Waals surface area (Å²) in [7, 11) is -0.716. The summed E-state index contributed by atoms with van der Waals surface area (Å²) < 4.78 is 30.5. The molecule has 0 aliphatic heterocycles. The van der Waals surface area contributed by atoms with Crippen LogP contribution in [0.3, 0.4) is 0 Å². The van der Waals surface area contributed by atoms with Gasteiger partial charge in [-0.15, -0.1) is 0 Å². The van der Waals surface area contributed by atoms with E-state index in [0.717, 1.165) is 15.4 Å². The van der Waals surface area contributed by atoms with Crippen molar-refractivity contribution in [2.75, 3.05) is 14.1 Å². The number of rotatable bonds is 6. The number of benzene rings is 2. The molecule has 6 nitrogen and oxygen atoms in total. The van der Waals surface area contributed by atoms with Crippen molar-refractivity contribution in [1.82, 2.24) is 4.31 Å². The van der Waals surface area contributed by atoms with Gasteiger partial charge in [0.25, 0.3) is 0 Å². The van der Waals surface area contributed by atoms with Gasteiger partial charge in [-0.2, -0.15) is 0 Å².